The lowest BCUT2D eigenvalue weighted by Crippen LogP contribution is -2.44. The molecule has 0 aromatic heterocycles. The van der Waals surface area contributed by atoms with Gasteiger partial charge in [0.1, 0.15) is 5.82 Å². The van der Waals surface area contributed by atoms with Gasteiger partial charge in [0.05, 0.1) is 12.0 Å². The lowest BCUT2D eigenvalue weighted by atomic mass is 9.74. The smallest absolute Gasteiger partial charge is 0.311 e. The van der Waals surface area contributed by atoms with Gasteiger partial charge in [0.15, 0.2) is 5.75 Å². The molecular formula is C20H21FN2O5. The van der Waals surface area contributed by atoms with E-state index in [1.54, 1.807) is 12.1 Å². The van der Waals surface area contributed by atoms with Crippen LogP contribution >= 0.6 is 0 Å². The summed E-state index contributed by atoms with van der Waals surface area (Å²) in [5.41, 5.74) is 0.460. The Balaban J connectivity index is 1.80. The Hall–Kier alpha value is -3.00. The average Bonchev–Trinajstić information content (AvgIpc) is 2.72. The molecule has 8 heteroatoms. The summed E-state index contributed by atoms with van der Waals surface area (Å²) in [6.07, 6.45) is 1.36. The summed E-state index contributed by atoms with van der Waals surface area (Å²) in [5.74, 6) is -0.645. The molecule has 7 nitrogen and oxygen atoms in total. The van der Waals surface area contributed by atoms with Crippen LogP contribution < -0.4 is 10.1 Å². The third-order valence-corrected chi connectivity index (χ3v) is 5.13. The summed E-state index contributed by atoms with van der Waals surface area (Å²) in [4.78, 5) is 23.2. The van der Waals surface area contributed by atoms with E-state index >= 15 is 0 Å². The molecule has 1 saturated heterocycles. The van der Waals surface area contributed by atoms with Gasteiger partial charge in [-0.3, -0.25) is 14.9 Å². The normalized spacial score (nSPS) is 15.6. The summed E-state index contributed by atoms with van der Waals surface area (Å²) >= 11 is 0. The number of rotatable bonds is 6. The van der Waals surface area contributed by atoms with Crippen LogP contribution in [0.1, 0.15) is 28.8 Å². The van der Waals surface area contributed by atoms with E-state index in [2.05, 4.69) is 5.32 Å². The number of hydrogen-bond acceptors (Lipinski definition) is 5. The van der Waals surface area contributed by atoms with E-state index in [4.69, 9.17) is 9.47 Å². The van der Waals surface area contributed by atoms with Gasteiger partial charge in [0.2, 0.25) is 0 Å². The van der Waals surface area contributed by atoms with E-state index in [1.165, 1.54) is 37.4 Å². The Kier molecular flexibility index (Phi) is 5.89. The van der Waals surface area contributed by atoms with Gasteiger partial charge >= 0.3 is 5.69 Å². The highest BCUT2D eigenvalue weighted by Gasteiger charge is 2.35. The highest BCUT2D eigenvalue weighted by atomic mass is 19.1. The maximum atomic E-state index is 13.3. The molecule has 0 unspecified atom stereocenters. The standard InChI is InChI=1S/C20H21FN2O5/c1-27-18-7-2-14(12-17(18)23(25)26)19(24)22-13-20(8-10-28-11-9-20)15-3-5-16(21)6-4-15/h2-7,12H,8-11,13H2,1H3,(H,22,24). The van der Waals surface area contributed by atoms with E-state index in [1.807, 2.05) is 0 Å². The molecule has 1 aliphatic rings. The zero-order chi connectivity index (χ0) is 20.1. The number of nitrogens with one attached hydrogen (secondary N) is 1. The first kappa shape index (κ1) is 19.8. The molecule has 1 aliphatic heterocycles. The van der Waals surface area contributed by atoms with E-state index in [0.29, 0.717) is 32.6 Å². The fraction of sp³-hybridized carbons (Fsp3) is 0.350. The molecule has 1 fully saturated rings. The highest BCUT2D eigenvalue weighted by molar-refractivity contribution is 5.95. The predicted molar refractivity (Wildman–Crippen MR) is 100 cm³/mol. The lowest BCUT2D eigenvalue weighted by molar-refractivity contribution is -0.385. The van der Waals surface area contributed by atoms with Crippen molar-refractivity contribution in [2.45, 2.75) is 18.3 Å². The van der Waals surface area contributed by atoms with E-state index < -0.39 is 10.8 Å². The van der Waals surface area contributed by atoms with Gasteiger partial charge in [-0.25, -0.2) is 4.39 Å². The molecule has 0 radical (unpaired) electrons. The van der Waals surface area contributed by atoms with Crippen LogP contribution in [-0.2, 0) is 10.2 Å². The number of benzene rings is 2. The van der Waals surface area contributed by atoms with Crippen molar-refractivity contribution in [3.05, 3.63) is 69.5 Å². The molecule has 1 N–H and O–H groups in total. The van der Waals surface area contributed by atoms with Gasteiger partial charge in [-0.15, -0.1) is 0 Å². The summed E-state index contributed by atoms with van der Waals surface area (Å²) in [5, 5.41) is 14.0. The fourth-order valence-electron chi connectivity index (χ4n) is 3.46. The van der Waals surface area contributed by atoms with Crippen LogP contribution in [0.3, 0.4) is 0 Å². The average molecular weight is 388 g/mol. The van der Waals surface area contributed by atoms with Crippen molar-refractivity contribution in [1.82, 2.24) is 5.32 Å². The minimum absolute atomic E-state index is 0.0914. The second-order valence-corrected chi connectivity index (χ2v) is 6.73. The molecule has 28 heavy (non-hydrogen) atoms. The van der Waals surface area contributed by atoms with Gasteiger partial charge in [-0.05, 0) is 42.7 Å². The molecule has 0 aliphatic carbocycles. The van der Waals surface area contributed by atoms with Crippen molar-refractivity contribution in [3.63, 3.8) is 0 Å². The first-order valence-electron chi connectivity index (χ1n) is 8.90. The first-order chi connectivity index (χ1) is 13.4. The minimum atomic E-state index is -0.589. The van der Waals surface area contributed by atoms with Crippen LogP contribution in [0.2, 0.25) is 0 Å². The largest absolute Gasteiger partial charge is 0.490 e. The molecule has 2 aromatic carbocycles. The summed E-state index contributed by atoms with van der Waals surface area (Å²) in [6, 6.07) is 10.3. The molecule has 1 amide bonds. The second kappa shape index (κ2) is 8.35. The lowest BCUT2D eigenvalue weighted by Gasteiger charge is -2.38. The number of methoxy groups -OCH3 is 1. The number of halogens is 1. The number of hydrogen-bond donors (Lipinski definition) is 1. The summed E-state index contributed by atoms with van der Waals surface area (Å²) < 4.78 is 23.7. The van der Waals surface area contributed by atoms with Crippen LogP contribution in [0.15, 0.2) is 42.5 Å². The van der Waals surface area contributed by atoms with Crippen LogP contribution in [-0.4, -0.2) is 37.7 Å². The second-order valence-electron chi connectivity index (χ2n) is 6.73. The zero-order valence-corrected chi connectivity index (χ0v) is 15.4. The van der Waals surface area contributed by atoms with Gasteiger partial charge < -0.3 is 14.8 Å². The molecule has 1 heterocycles. The number of carbonyl (C=O) groups excluding carboxylic acids is 1. The van der Waals surface area contributed by atoms with E-state index in [-0.39, 0.29) is 28.2 Å². The quantitative estimate of drug-likeness (QED) is 0.606. The first-order valence-corrected chi connectivity index (χ1v) is 8.90. The Morgan fingerprint density at radius 3 is 2.54 bits per heavy atom. The van der Waals surface area contributed by atoms with Gasteiger partial charge in [0, 0.05) is 36.8 Å². The minimum Gasteiger partial charge on any atom is -0.490 e. The van der Waals surface area contributed by atoms with Gasteiger partial charge in [0.25, 0.3) is 5.91 Å². The number of nitrogens with zero attached hydrogens (tertiary/aromatic N) is 1. The van der Waals surface area contributed by atoms with Crippen molar-refractivity contribution < 1.29 is 23.6 Å². The zero-order valence-electron chi connectivity index (χ0n) is 15.4. The van der Waals surface area contributed by atoms with Crippen molar-refractivity contribution in [2.75, 3.05) is 26.9 Å². The summed E-state index contributed by atoms with van der Waals surface area (Å²) in [7, 11) is 1.33. The number of carbonyl (C=O) groups is 1. The Bertz CT molecular complexity index is 863. The molecule has 0 bridgehead atoms. The summed E-state index contributed by atoms with van der Waals surface area (Å²) in [6.45, 7) is 1.41. The maximum absolute atomic E-state index is 13.3. The van der Waals surface area contributed by atoms with Crippen LogP contribution in [0.5, 0.6) is 5.75 Å². The third kappa shape index (κ3) is 4.12. The van der Waals surface area contributed by atoms with Crippen LogP contribution in [0.25, 0.3) is 0 Å². The van der Waals surface area contributed by atoms with E-state index in [0.717, 1.165) is 5.56 Å². The van der Waals surface area contributed by atoms with Crippen molar-refractivity contribution in [1.29, 1.82) is 0 Å². The highest BCUT2D eigenvalue weighted by Crippen LogP contribution is 2.34. The van der Waals surface area contributed by atoms with Crippen molar-refractivity contribution in [2.24, 2.45) is 0 Å². The molecule has 2 aromatic rings. The Labute approximate surface area is 161 Å². The molecule has 148 valence electrons. The number of nitro benzene ring substituents is 1. The SMILES string of the molecule is COc1ccc(C(=O)NCC2(c3ccc(F)cc3)CCOCC2)cc1[N+](=O)[O-]. The third-order valence-electron chi connectivity index (χ3n) is 5.13. The molecule has 0 saturated carbocycles. The Morgan fingerprint density at radius 1 is 1.25 bits per heavy atom. The molecular weight excluding hydrogens is 367 g/mol. The van der Waals surface area contributed by atoms with Crippen molar-refractivity contribution >= 4 is 11.6 Å². The number of amides is 1. The molecule has 3 rings (SSSR count). The fourth-order valence-corrected chi connectivity index (χ4v) is 3.46. The predicted octanol–water partition coefficient (Wildman–Crippen LogP) is 3.22. The van der Waals surface area contributed by atoms with Gasteiger partial charge in [-0.1, -0.05) is 12.1 Å². The van der Waals surface area contributed by atoms with Crippen LogP contribution in [0, 0.1) is 15.9 Å². The number of nitro groups is 1. The Morgan fingerprint density at radius 2 is 1.93 bits per heavy atom. The van der Waals surface area contributed by atoms with Gasteiger partial charge in [-0.2, -0.15) is 0 Å². The molecule has 0 spiro atoms. The maximum Gasteiger partial charge on any atom is 0.311 e. The monoisotopic (exact) mass is 388 g/mol. The number of ether oxygens (including phenoxy) is 2. The van der Waals surface area contributed by atoms with Crippen LogP contribution in [0.4, 0.5) is 10.1 Å². The topological polar surface area (TPSA) is 90.7 Å². The van der Waals surface area contributed by atoms with Crippen molar-refractivity contribution in [3.8, 4) is 5.75 Å². The van der Waals surface area contributed by atoms with E-state index in [9.17, 15) is 19.3 Å². The molecule has 0 atom stereocenters.